The molecule has 1 aliphatic heterocycles. The molecule has 9 heteroatoms. The number of fused-ring (bicyclic) bond motifs is 2. The van der Waals surface area contributed by atoms with Crippen LogP contribution in [0, 0.1) is 6.92 Å². The molecule has 144 valence electrons. The molecular weight excluding hydrogens is 382 g/mol. The van der Waals surface area contributed by atoms with Gasteiger partial charge in [0.05, 0.1) is 28.1 Å². The molecule has 4 rings (SSSR count). The summed E-state index contributed by atoms with van der Waals surface area (Å²) in [7, 11) is 0. The minimum atomic E-state index is -0.459. The van der Waals surface area contributed by atoms with E-state index in [0.717, 1.165) is 4.70 Å². The number of hydrogen-bond donors (Lipinski definition) is 1. The van der Waals surface area contributed by atoms with E-state index in [1.54, 1.807) is 19.9 Å². The summed E-state index contributed by atoms with van der Waals surface area (Å²) in [6, 6.07) is 6.68. The van der Waals surface area contributed by atoms with Gasteiger partial charge in [0, 0.05) is 12.1 Å². The summed E-state index contributed by atoms with van der Waals surface area (Å²) < 4.78 is 17.0. The fourth-order valence-corrected chi connectivity index (χ4v) is 3.66. The van der Waals surface area contributed by atoms with E-state index in [2.05, 4.69) is 15.3 Å². The van der Waals surface area contributed by atoms with E-state index in [0.29, 0.717) is 46.6 Å². The maximum Gasteiger partial charge on any atom is 0.339 e. The smallest absolute Gasteiger partial charge is 0.339 e. The van der Waals surface area contributed by atoms with Gasteiger partial charge in [0.15, 0.2) is 16.6 Å². The number of nitrogens with zero attached hydrogens (tertiary/aromatic N) is 2. The number of amides is 1. The number of benzene rings is 1. The molecule has 0 saturated heterocycles. The molecule has 0 saturated carbocycles. The minimum absolute atomic E-state index is 0.191. The molecule has 0 bridgehead atoms. The minimum Gasteiger partial charge on any atom is -0.486 e. The Labute approximate surface area is 164 Å². The van der Waals surface area contributed by atoms with Crippen LogP contribution in [0.2, 0.25) is 0 Å². The Morgan fingerprint density at radius 1 is 1.18 bits per heavy atom. The fourth-order valence-electron chi connectivity index (χ4n) is 2.79. The Morgan fingerprint density at radius 3 is 2.64 bits per heavy atom. The van der Waals surface area contributed by atoms with Gasteiger partial charge in [-0.15, -0.1) is 0 Å². The number of hydrogen-bond acceptors (Lipinski definition) is 8. The first-order chi connectivity index (χ1) is 13.5. The highest BCUT2D eigenvalue weighted by Gasteiger charge is 2.18. The van der Waals surface area contributed by atoms with Gasteiger partial charge < -0.3 is 14.2 Å². The van der Waals surface area contributed by atoms with Gasteiger partial charge in [0.2, 0.25) is 0 Å². The number of pyridine rings is 1. The molecule has 0 spiro atoms. The molecule has 3 aromatic rings. The van der Waals surface area contributed by atoms with E-state index in [1.807, 2.05) is 6.07 Å². The highest BCUT2D eigenvalue weighted by Crippen LogP contribution is 2.37. The fraction of sp³-hybridized carbons (Fsp3) is 0.263. The van der Waals surface area contributed by atoms with Crippen molar-refractivity contribution in [1.82, 2.24) is 9.97 Å². The molecule has 3 heterocycles. The van der Waals surface area contributed by atoms with E-state index >= 15 is 0 Å². The maximum absolute atomic E-state index is 12.5. The van der Waals surface area contributed by atoms with E-state index in [1.165, 1.54) is 23.5 Å². The maximum atomic E-state index is 12.5. The highest BCUT2D eigenvalue weighted by molar-refractivity contribution is 7.22. The second-order valence-electron chi connectivity index (χ2n) is 5.99. The van der Waals surface area contributed by atoms with Crippen LogP contribution >= 0.6 is 11.3 Å². The van der Waals surface area contributed by atoms with E-state index in [-0.39, 0.29) is 12.3 Å². The quantitative estimate of drug-likeness (QED) is 0.673. The van der Waals surface area contributed by atoms with E-state index in [9.17, 15) is 9.59 Å². The Kier molecular flexibility index (Phi) is 4.82. The van der Waals surface area contributed by atoms with Crippen LogP contribution in [0.15, 0.2) is 24.3 Å². The topological polar surface area (TPSA) is 99.6 Å². The van der Waals surface area contributed by atoms with E-state index in [4.69, 9.17) is 14.2 Å². The van der Waals surface area contributed by atoms with Gasteiger partial charge in [-0.25, -0.2) is 14.8 Å². The molecule has 28 heavy (non-hydrogen) atoms. The Balaban J connectivity index is 1.55. The van der Waals surface area contributed by atoms with Crippen molar-refractivity contribution in [3.05, 3.63) is 41.2 Å². The lowest BCUT2D eigenvalue weighted by Gasteiger charge is -2.17. The molecule has 0 fully saturated rings. The Morgan fingerprint density at radius 2 is 1.93 bits per heavy atom. The van der Waals surface area contributed by atoms with Crippen molar-refractivity contribution in [1.29, 1.82) is 0 Å². The van der Waals surface area contributed by atoms with Gasteiger partial charge in [-0.3, -0.25) is 10.1 Å². The molecule has 1 amide bonds. The number of carbonyl (C=O) groups is 2. The van der Waals surface area contributed by atoms with Crippen LogP contribution in [-0.2, 0) is 4.74 Å². The third-order valence-corrected chi connectivity index (χ3v) is 5.02. The third-order valence-electron chi connectivity index (χ3n) is 4.09. The summed E-state index contributed by atoms with van der Waals surface area (Å²) in [6.07, 6.45) is 0. The highest BCUT2D eigenvalue weighted by atomic mass is 32.1. The van der Waals surface area contributed by atoms with Gasteiger partial charge >= 0.3 is 5.97 Å². The second kappa shape index (κ2) is 7.43. The molecule has 1 aliphatic rings. The molecule has 0 unspecified atom stereocenters. The van der Waals surface area contributed by atoms with Crippen molar-refractivity contribution in [3.8, 4) is 11.5 Å². The number of nitrogens with one attached hydrogen (secondary N) is 1. The predicted octanol–water partition coefficient (Wildman–Crippen LogP) is 3.20. The summed E-state index contributed by atoms with van der Waals surface area (Å²) in [6.45, 7) is 4.67. The molecule has 1 N–H and O–H groups in total. The summed E-state index contributed by atoms with van der Waals surface area (Å²) in [5.41, 5.74) is 1.67. The van der Waals surface area contributed by atoms with Crippen LogP contribution in [0.25, 0.3) is 10.2 Å². The number of aryl methyl sites for hydroxylation is 1. The number of thiazole rings is 1. The normalized spacial score (nSPS) is 12.6. The van der Waals surface area contributed by atoms with Crippen molar-refractivity contribution >= 4 is 38.6 Å². The van der Waals surface area contributed by atoms with Gasteiger partial charge in [-0.1, -0.05) is 11.3 Å². The average molecular weight is 399 g/mol. The Hall–Kier alpha value is -3.20. The largest absolute Gasteiger partial charge is 0.486 e. The molecule has 2 aromatic heterocycles. The zero-order valence-corrected chi connectivity index (χ0v) is 16.1. The third kappa shape index (κ3) is 3.48. The summed E-state index contributed by atoms with van der Waals surface area (Å²) in [5.74, 6) is 0.453. The standard InChI is InChI=1S/C19H17N3O5S/c1-3-25-18(24)11-4-5-12(20-10(11)2)17(23)22-19-21-13-8-14-15(9-16(13)28-19)27-7-6-26-14/h4-5,8-9H,3,6-7H2,1-2H3,(H,21,22,23). The lowest BCUT2D eigenvalue weighted by Crippen LogP contribution is -2.16. The van der Waals surface area contributed by atoms with Gasteiger partial charge in [-0.2, -0.15) is 0 Å². The number of carbonyl (C=O) groups excluding carboxylic acids is 2. The zero-order chi connectivity index (χ0) is 19.7. The molecular formula is C19H17N3O5S. The number of anilines is 1. The van der Waals surface area contributed by atoms with Crippen LogP contribution in [-0.4, -0.2) is 41.7 Å². The molecule has 0 atom stereocenters. The number of rotatable bonds is 4. The summed E-state index contributed by atoms with van der Waals surface area (Å²) in [5, 5.41) is 3.19. The second-order valence-corrected chi connectivity index (χ2v) is 7.02. The van der Waals surface area contributed by atoms with Crippen LogP contribution in [0.5, 0.6) is 11.5 Å². The first kappa shape index (κ1) is 18.2. The number of esters is 1. The summed E-state index contributed by atoms with van der Waals surface area (Å²) >= 11 is 1.33. The first-order valence-corrected chi connectivity index (χ1v) is 9.53. The average Bonchev–Trinajstić information content (AvgIpc) is 3.06. The van der Waals surface area contributed by atoms with Crippen molar-refractivity contribution in [2.75, 3.05) is 25.1 Å². The van der Waals surface area contributed by atoms with E-state index < -0.39 is 11.9 Å². The van der Waals surface area contributed by atoms with Gasteiger partial charge in [-0.05, 0) is 26.0 Å². The van der Waals surface area contributed by atoms with Crippen molar-refractivity contribution < 1.29 is 23.8 Å². The Bertz CT molecular complexity index is 1040. The molecule has 8 nitrogen and oxygen atoms in total. The lowest BCUT2D eigenvalue weighted by atomic mass is 10.2. The van der Waals surface area contributed by atoms with Crippen molar-refractivity contribution in [2.45, 2.75) is 13.8 Å². The van der Waals surface area contributed by atoms with Crippen LogP contribution in [0.1, 0.15) is 33.5 Å². The monoisotopic (exact) mass is 399 g/mol. The molecule has 0 aliphatic carbocycles. The van der Waals surface area contributed by atoms with Crippen LogP contribution in [0.4, 0.5) is 5.13 Å². The predicted molar refractivity (Wildman–Crippen MR) is 103 cm³/mol. The SMILES string of the molecule is CCOC(=O)c1ccc(C(=O)Nc2nc3cc4c(cc3s2)OCCO4)nc1C. The number of aromatic nitrogens is 2. The number of ether oxygens (including phenoxy) is 3. The molecule has 0 radical (unpaired) electrons. The van der Waals surface area contributed by atoms with Crippen LogP contribution < -0.4 is 14.8 Å². The van der Waals surface area contributed by atoms with Crippen molar-refractivity contribution in [2.24, 2.45) is 0 Å². The van der Waals surface area contributed by atoms with Gasteiger partial charge in [0.1, 0.15) is 18.9 Å². The summed E-state index contributed by atoms with van der Waals surface area (Å²) in [4.78, 5) is 33.0. The first-order valence-electron chi connectivity index (χ1n) is 8.71. The van der Waals surface area contributed by atoms with Gasteiger partial charge in [0.25, 0.3) is 5.91 Å². The van der Waals surface area contributed by atoms with Crippen molar-refractivity contribution in [3.63, 3.8) is 0 Å². The lowest BCUT2D eigenvalue weighted by molar-refractivity contribution is 0.0524. The molecule has 1 aromatic carbocycles. The van der Waals surface area contributed by atoms with Crippen LogP contribution in [0.3, 0.4) is 0 Å². The zero-order valence-electron chi connectivity index (χ0n) is 15.3.